The molecule has 0 aliphatic rings. The van der Waals surface area contributed by atoms with Crippen LogP contribution in [0.3, 0.4) is 0 Å². The molecule has 0 saturated carbocycles. The van der Waals surface area contributed by atoms with Crippen LogP contribution in [0, 0.1) is 6.92 Å². The van der Waals surface area contributed by atoms with Crippen LogP contribution in [0.15, 0.2) is 35.1 Å². The monoisotopic (exact) mass is 287 g/mol. The zero-order valence-electron chi connectivity index (χ0n) is 12.7. The third kappa shape index (κ3) is 3.77. The molecule has 0 bridgehead atoms. The SMILES string of the molecule is CNCc1cc(-c2ccc(C)cc2)nn(CCOC)c1=O. The lowest BCUT2D eigenvalue weighted by atomic mass is 10.1. The van der Waals surface area contributed by atoms with E-state index in [1.807, 2.05) is 44.3 Å². The van der Waals surface area contributed by atoms with E-state index in [2.05, 4.69) is 10.4 Å². The Labute approximate surface area is 124 Å². The largest absolute Gasteiger partial charge is 0.383 e. The predicted octanol–water partition coefficient (Wildman–Crippen LogP) is 1.58. The average Bonchev–Trinajstić information content (AvgIpc) is 2.49. The van der Waals surface area contributed by atoms with Gasteiger partial charge in [0.1, 0.15) is 0 Å². The maximum absolute atomic E-state index is 12.3. The zero-order chi connectivity index (χ0) is 15.2. The molecule has 1 N–H and O–H groups in total. The lowest BCUT2D eigenvalue weighted by molar-refractivity contribution is 0.182. The summed E-state index contributed by atoms with van der Waals surface area (Å²) in [6, 6.07) is 9.98. The van der Waals surface area contributed by atoms with Crippen LogP contribution in [0.2, 0.25) is 0 Å². The highest BCUT2D eigenvalue weighted by molar-refractivity contribution is 5.59. The summed E-state index contributed by atoms with van der Waals surface area (Å²) in [7, 11) is 3.44. The maximum Gasteiger partial charge on any atom is 0.271 e. The Balaban J connectivity index is 2.47. The van der Waals surface area contributed by atoms with Gasteiger partial charge in [-0.25, -0.2) is 4.68 Å². The molecule has 0 atom stereocenters. The standard InChI is InChI=1S/C16H21N3O2/c1-12-4-6-13(7-5-12)15-10-14(11-17-2)16(20)19(18-15)8-9-21-3/h4-7,10,17H,8-9,11H2,1-3H3. The van der Waals surface area contributed by atoms with E-state index in [9.17, 15) is 4.79 Å². The second-order valence-electron chi connectivity index (χ2n) is 4.97. The fourth-order valence-electron chi connectivity index (χ4n) is 2.11. The van der Waals surface area contributed by atoms with E-state index in [0.717, 1.165) is 11.3 Å². The van der Waals surface area contributed by atoms with Crippen LogP contribution < -0.4 is 10.9 Å². The van der Waals surface area contributed by atoms with Crippen molar-refractivity contribution in [3.8, 4) is 11.3 Å². The van der Waals surface area contributed by atoms with Gasteiger partial charge in [-0.15, -0.1) is 0 Å². The molecular weight excluding hydrogens is 266 g/mol. The molecule has 0 radical (unpaired) electrons. The number of methoxy groups -OCH3 is 1. The Morgan fingerprint density at radius 3 is 2.62 bits per heavy atom. The van der Waals surface area contributed by atoms with E-state index in [1.54, 1.807) is 7.11 Å². The van der Waals surface area contributed by atoms with Crippen molar-refractivity contribution >= 4 is 0 Å². The second kappa shape index (κ2) is 7.15. The summed E-state index contributed by atoms with van der Waals surface area (Å²) in [4.78, 5) is 12.3. The first-order valence-corrected chi connectivity index (χ1v) is 6.97. The maximum atomic E-state index is 12.3. The molecule has 112 valence electrons. The Kier molecular flexibility index (Phi) is 5.25. The molecule has 0 unspecified atom stereocenters. The van der Waals surface area contributed by atoms with Crippen molar-refractivity contribution in [2.45, 2.75) is 20.0 Å². The third-order valence-corrected chi connectivity index (χ3v) is 3.27. The number of hydrogen-bond donors (Lipinski definition) is 1. The quantitative estimate of drug-likeness (QED) is 0.876. The molecule has 0 spiro atoms. The number of aryl methyl sites for hydroxylation is 1. The number of nitrogens with one attached hydrogen (secondary N) is 1. The van der Waals surface area contributed by atoms with Crippen LogP contribution in [0.25, 0.3) is 11.3 Å². The minimum absolute atomic E-state index is 0.0720. The Morgan fingerprint density at radius 2 is 2.00 bits per heavy atom. The molecule has 0 fully saturated rings. The van der Waals surface area contributed by atoms with Crippen LogP contribution in [0.4, 0.5) is 0 Å². The predicted molar refractivity (Wildman–Crippen MR) is 83.3 cm³/mol. The number of rotatable bonds is 6. The van der Waals surface area contributed by atoms with E-state index in [-0.39, 0.29) is 5.56 Å². The molecule has 2 aromatic rings. The molecule has 0 aliphatic carbocycles. The number of aromatic nitrogens is 2. The summed E-state index contributed by atoms with van der Waals surface area (Å²) in [5.74, 6) is 0. The number of benzene rings is 1. The van der Waals surface area contributed by atoms with E-state index in [4.69, 9.17) is 4.74 Å². The fourth-order valence-corrected chi connectivity index (χ4v) is 2.11. The normalized spacial score (nSPS) is 10.8. The van der Waals surface area contributed by atoms with Gasteiger partial charge in [-0.05, 0) is 20.0 Å². The van der Waals surface area contributed by atoms with Crippen LogP contribution in [-0.2, 0) is 17.8 Å². The smallest absolute Gasteiger partial charge is 0.271 e. The van der Waals surface area contributed by atoms with Gasteiger partial charge in [0.2, 0.25) is 0 Å². The summed E-state index contributed by atoms with van der Waals surface area (Å²) in [5.41, 5.74) is 3.64. The first-order valence-electron chi connectivity index (χ1n) is 6.97. The summed E-state index contributed by atoms with van der Waals surface area (Å²) in [6.45, 7) is 3.48. The van der Waals surface area contributed by atoms with Crippen LogP contribution in [0.5, 0.6) is 0 Å². The molecule has 0 amide bonds. The molecule has 5 nitrogen and oxygen atoms in total. The second-order valence-corrected chi connectivity index (χ2v) is 4.97. The van der Waals surface area contributed by atoms with Crippen LogP contribution in [0.1, 0.15) is 11.1 Å². The third-order valence-electron chi connectivity index (χ3n) is 3.27. The minimum atomic E-state index is -0.0720. The van der Waals surface area contributed by atoms with E-state index in [1.165, 1.54) is 10.2 Å². The van der Waals surface area contributed by atoms with Crippen molar-refractivity contribution in [2.75, 3.05) is 20.8 Å². The van der Waals surface area contributed by atoms with E-state index in [0.29, 0.717) is 25.3 Å². The first-order chi connectivity index (χ1) is 10.2. The highest BCUT2D eigenvalue weighted by Gasteiger charge is 2.09. The summed E-state index contributed by atoms with van der Waals surface area (Å²) in [5, 5.41) is 7.47. The van der Waals surface area contributed by atoms with Gasteiger partial charge in [0, 0.05) is 24.8 Å². The van der Waals surface area contributed by atoms with Gasteiger partial charge < -0.3 is 10.1 Å². The van der Waals surface area contributed by atoms with Gasteiger partial charge in [0.25, 0.3) is 5.56 Å². The fraction of sp³-hybridized carbons (Fsp3) is 0.375. The van der Waals surface area contributed by atoms with Gasteiger partial charge in [0.15, 0.2) is 0 Å². The number of ether oxygens (including phenoxy) is 1. The zero-order valence-corrected chi connectivity index (χ0v) is 12.7. The molecule has 1 heterocycles. The topological polar surface area (TPSA) is 56.1 Å². The molecule has 5 heteroatoms. The van der Waals surface area contributed by atoms with Crippen LogP contribution in [-0.4, -0.2) is 30.5 Å². The molecule has 21 heavy (non-hydrogen) atoms. The minimum Gasteiger partial charge on any atom is -0.383 e. The Morgan fingerprint density at radius 1 is 1.29 bits per heavy atom. The van der Waals surface area contributed by atoms with Gasteiger partial charge in [0.05, 0.1) is 18.8 Å². The van der Waals surface area contributed by atoms with Crippen molar-refractivity contribution < 1.29 is 4.74 Å². The van der Waals surface area contributed by atoms with Gasteiger partial charge in [-0.3, -0.25) is 4.79 Å². The van der Waals surface area contributed by atoms with Crippen molar-refractivity contribution in [1.29, 1.82) is 0 Å². The van der Waals surface area contributed by atoms with Crippen molar-refractivity contribution in [2.24, 2.45) is 0 Å². The lowest BCUT2D eigenvalue weighted by Crippen LogP contribution is -2.30. The van der Waals surface area contributed by atoms with Crippen LogP contribution >= 0.6 is 0 Å². The average molecular weight is 287 g/mol. The Bertz CT molecular complexity index is 648. The molecule has 2 rings (SSSR count). The van der Waals surface area contributed by atoms with E-state index < -0.39 is 0 Å². The lowest BCUT2D eigenvalue weighted by Gasteiger charge is -2.10. The van der Waals surface area contributed by atoms with E-state index >= 15 is 0 Å². The summed E-state index contributed by atoms with van der Waals surface area (Å²) >= 11 is 0. The summed E-state index contributed by atoms with van der Waals surface area (Å²) < 4.78 is 6.52. The molecule has 0 saturated heterocycles. The first kappa shape index (κ1) is 15.4. The Hall–Kier alpha value is -1.98. The molecule has 1 aromatic heterocycles. The number of nitrogens with zero attached hydrogens (tertiary/aromatic N) is 2. The summed E-state index contributed by atoms with van der Waals surface area (Å²) in [6.07, 6.45) is 0. The highest BCUT2D eigenvalue weighted by atomic mass is 16.5. The molecule has 1 aromatic carbocycles. The van der Waals surface area contributed by atoms with Crippen molar-refractivity contribution in [3.63, 3.8) is 0 Å². The van der Waals surface area contributed by atoms with Crippen molar-refractivity contribution in [1.82, 2.24) is 15.1 Å². The highest BCUT2D eigenvalue weighted by Crippen LogP contribution is 2.17. The van der Waals surface area contributed by atoms with Gasteiger partial charge in [-0.1, -0.05) is 29.8 Å². The number of hydrogen-bond acceptors (Lipinski definition) is 4. The van der Waals surface area contributed by atoms with Gasteiger partial charge in [-0.2, -0.15) is 5.10 Å². The molecule has 0 aliphatic heterocycles. The van der Waals surface area contributed by atoms with Crippen molar-refractivity contribution in [3.05, 3.63) is 51.8 Å². The van der Waals surface area contributed by atoms with Gasteiger partial charge >= 0.3 is 0 Å². The molecular formula is C16H21N3O2.